The van der Waals surface area contributed by atoms with Gasteiger partial charge in [0.1, 0.15) is 0 Å². The van der Waals surface area contributed by atoms with E-state index in [1.165, 1.54) is 6.08 Å². The number of hydrogen-bond acceptors (Lipinski definition) is 2. The van der Waals surface area contributed by atoms with Gasteiger partial charge in [0.2, 0.25) is 5.91 Å². The summed E-state index contributed by atoms with van der Waals surface area (Å²) in [5.74, 6) is -0.0705. The summed E-state index contributed by atoms with van der Waals surface area (Å²) >= 11 is 0. The number of likely N-dealkylation sites (N-methyl/N-ethyl adjacent to an activating group) is 1. The van der Waals surface area contributed by atoms with Crippen molar-refractivity contribution in [1.82, 2.24) is 4.90 Å². The topological polar surface area (TPSA) is 46.3 Å². The van der Waals surface area contributed by atoms with Gasteiger partial charge in [-0.1, -0.05) is 30.3 Å². The van der Waals surface area contributed by atoms with E-state index in [1.54, 1.807) is 18.9 Å². The Morgan fingerprint density at radius 1 is 1.40 bits per heavy atom. The summed E-state index contributed by atoms with van der Waals surface area (Å²) in [6.45, 7) is 2.30. The Kier molecular flexibility index (Phi) is 3.92. The van der Waals surface area contributed by atoms with Gasteiger partial charge < -0.3 is 10.6 Å². The molecule has 0 saturated heterocycles. The van der Waals surface area contributed by atoms with E-state index in [2.05, 4.69) is 0 Å². The van der Waals surface area contributed by atoms with Crippen LogP contribution >= 0.6 is 0 Å². The molecule has 0 aliphatic carbocycles. The standard InChI is InChI=1S/C12H16N2O/c1-10(13)8-12(15)14(2)9-11-6-4-3-5-7-11/h3-8H,9,13H2,1-2H3/b10-8-. The molecule has 1 amide bonds. The predicted octanol–water partition coefficient (Wildman–Crippen LogP) is 1.51. The maximum atomic E-state index is 11.5. The van der Waals surface area contributed by atoms with E-state index in [-0.39, 0.29) is 5.91 Å². The monoisotopic (exact) mass is 204 g/mol. The summed E-state index contributed by atoms with van der Waals surface area (Å²) in [4.78, 5) is 13.2. The van der Waals surface area contributed by atoms with Crippen molar-refractivity contribution in [1.29, 1.82) is 0 Å². The van der Waals surface area contributed by atoms with Gasteiger partial charge in [0.05, 0.1) is 0 Å². The highest BCUT2D eigenvalue weighted by Crippen LogP contribution is 2.03. The third kappa shape index (κ3) is 3.85. The number of benzene rings is 1. The summed E-state index contributed by atoms with van der Waals surface area (Å²) in [6.07, 6.45) is 1.43. The van der Waals surface area contributed by atoms with E-state index in [0.717, 1.165) is 5.56 Å². The van der Waals surface area contributed by atoms with Crippen LogP contribution in [0, 0.1) is 0 Å². The van der Waals surface area contributed by atoms with Crippen LogP contribution in [0.1, 0.15) is 12.5 Å². The van der Waals surface area contributed by atoms with Crippen LogP contribution in [0.5, 0.6) is 0 Å². The molecule has 0 aliphatic heterocycles. The zero-order chi connectivity index (χ0) is 11.3. The maximum Gasteiger partial charge on any atom is 0.248 e. The third-order valence-electron chi connectivity index (χ3n) is 1.99. The quantitative estimate of drug-likeness (QED) is 0.758. The minimum Gasteiger partial charge on any atom is -0.402 e. The summed E-state index contributed by atoms with van der Waals surface area (Å²) in [5.41, 5.74) is 7.07. The van der Waals surface area contributed by atoms with Gasteiger partial charge in [-0.05, 0) is 12.5 Å². The van der Waals surface area contributed by atoms with Gasteiger partial charge in [-0.3, -0.25) is 4.79 Å². The molecule has 0 atom stereocenters. The summed E-state index contributed by atoms with van der Waals surface area (Å²) < 4.78 is 0. The highest BCUT2D eigenvalue weighted by molar-refractivity contribution is 5.87. The number of carbonyl (C=O) groups excluding carboxylic acids is 1. The third-order valence-corrected chi connectivity index (χ3v) is 1.99. The SMILES string of the molecule is C/C(N)=C/C(=O)N(C)Cc1ccccc1. The lowest BCUT2D eigenvalue weighted by Crippen LogP contribution is -2.24. The smallest absolute Gasteiger partial charge is 0.248 e. The zero-order valence-corrected chi connectivity index (χ0v) is 9.10. The zero-order valence-electron chi connectivity index (χ0n) is 9.10. The number of nitrogens with two attached hydrogens (primary N) is 1. The highest BCUT2D eigenvalue weighted by Gasteiger charge is 2.05. The molecule has 0 radical (unpaired) electrons. The Bertz CT molecular complexity index is 353. The first-order valence-corrected chi connectivity index (χ1v) is 4.82. The van der Waals surface area contributed by atoms with Crippen molar-refractivity contribution in [3.63, 3.8) is 0 Å². The van der Waals surface area contributed by atoms with E-state index in [4.69, 9.17) is 5.73 Å². The fourth-order valence-corrected chi connectivity index (χ4v) is 1.24. The van der Waals surface area contributed by atoms with Gasteiger partial charge in [-0.25, -0.2) is 0 Å². The number of hydrogen-bond donors (Lipinski definition) is 1. The lowest BCUT2D eigenvalue weighted by molar-refractivity contribution is -0.125. The molecule has 0 fully saturated rings. The molecule has 1 aromatic carbocycles. The summed E-state index contributed by atoms with van der Waals surface area (Å²) in [7, 11) is 1.76. The van der Waals surface area contributed by atoms with E-state index in [9.17, 15) is 4.79 Å². The number of allylic oxidation sites excluding steroid dienone is 1. The number of nitrogens with zero attached hydrogens (tertiary/aromatic N) is 1. The Labute approximate surface area is 90.2 Å². The van der Waals surface area contributed by atoms with Crippen molar-refractivity contribution in [2.45, 2.75) is 13.5 Å². The van der Waals surface area contributed by atoms with Crippen molar-refractivity contribution in [3.05, 3.63) is 47.7 Å². The number of carbonyl (C=O) groups is 1. The van der Waals surface area contributed by atoms with Gasteiger partial charge in [-0.2, -0.15) is 0 Å². The van der Waals surface area contributed by atoms with Crippen LogP contribution in [0.4, 0.5) is 0 Å². The number of amides is 1. The van der Waals surface area contributed by atoms with E-state index >= 15 is 0 Å². The van der Waals surface area contributed by atoms with Crippen molar-refractivity contribution in [3.8, 4) is 0 Å². The fraction of sp³-hybridized carbons (Fsp3) is 0.250. The van der Waals surface area contributed by atoms with E-state index in [0.29, 0.717) is 12.2 Å². The Morgan fingerprint density at radius 2 is 2.00 bits per heavy atom. The highest BCUT2D eigenvalue weighted by atomic mass is 16.2. The molecule has 0 heterocycles. The predicted molar refractivity (Wildman–Crippen MR) is 60.9 cm³/mol. The van der Waals surface area contributed by atoms with Gasteiger partial charge in [0.15, 0.2) is 0 Å². The Morgan fingerprint density at radius 3 is 2.53 bits per heavy atom. The molecule has 2 N–H and O–H groups in total. The molecule has 0 aliphatic rings. The van der Waals surface area contributed by atoms with Crippen LogP contribution in [-0.2, 0) is 11.3 Å². The van der Waals surface area contributed by atoms with Crippen LogP contribution in [0.15, 0.2) is 42.1 Å². The van der Waals surface area contributed by atoms with Crippen LogP contribution in [0.3, 0.4) is 0 Å². The van der Waals surface area contributed by atoms with Gasteiger partial charge in [-0.15, -0.1) is 0 Å². The van der Waals surface area contributed by atoms with Crippen molar-refractivity contribution in [2.24, 2.45) is 5.73 Å². The molecule has 3 nitrogen and oxygen atoms in total. The van der Waals surface area contributed by atoms with Crippen molar-refractivity contribution >= 4 is 5.91 Å². The average molecular weight is 204 g/mol. The Balaban J connectivity index is 2.60. The summed E-state index contributed by atoms with van der Waals surface area (Å²) in [6, 6.07) is 9.84. The molecule has 3 heteroatoms. The minimum absolute atomic E-state index is 0.0705. The molecule has 0 bridgehead atoms. The average Bonchev–Trinajstić information content (AvgIpc) is 2.18. The Hall–Kier alpha value is -1.77. The van der Waals surface area contributed by atoms with Gasteiger partial charge in [0.25, 0.3) is 0 Å². The second-order valence-corrected chi connectivity index (χ2v) is 3.57. The molecule has 0 spiro atoms. The molecule has 1 rings (SSSR count). The molecular weight excluding hydrogens is 188 g/mol. The second-order valence-electron chi connectivity index (χ2n) is 3.57. The first-order chi connectivity index (χ1) is 7.09. The molecule has 1 aromatic rings. The first kappa shape index (κ1) is 11.3. The van der Waals surface area contributed by atoms with Gasteiger partial charge >= 0.3 is 0 Å². The van der Waals surface area contributed by atoms with Crippen molar-refractivity contribution < 1.29 is 4.79 Å². The maximum absolute atomic E-state index is 11.5. The van der Waals surface area contributed by atoms with Crippen LogP contribution in [0.25, 0.3) is 0 Å². The fourth-order valence-electron chi connectivity index (χ4n) is 1.24. The number of rotatable bonds is 3. The molecule has 0 aromatic heterocycles. The minimum atomic E-state index is -0.0705. The molecule has 80 valence electrons. The van der Waals surface area contributed by atoms with Crippen molar-refractivity contribution in [2.75, 3.05) is 7.05 Å². The first-order valence-electron chi connectivity index (χ1n) is 4.82. The van der Waals surface area contributed by atoms with E-state index in [1.807, 2.05) is 30.3 Å². The van der Waals surface area contributed by atoms with Gasteiger partial charge in [0, 0.05) is 25.4 Å². The van der Waals surface area contributed by atoms with E-state index < -0.39 is 0 Å². The van der Waals surface area contributed by atoms with Crippen LogP contribution in [-0.4, -0.2) is 17.9 Å². The molecule has 0 unspecified atom stereocenters. The normalized spacial score (nSPS) is 11.2. The molecular formula is C12H16N2O. The summed E-state index contributed by atoms with van der Waals surface area (Å²) in [5, 5.41) is 0. The van der Waals surface area contributed by atoms with Crippen LogP contribution < -0.4 is 5.73 Å². The lowest BCUT2D eigenvalue weighted by atomic mass is 10.2. The largest absolute Gasteiger partial charge is 0.402 e. The molecule has 0 saturated carbocycles. The second kappa shape index (κ2) is 5.20. The van der Waals surface area contributed by atoms with Crippen LogP contribution in [0.2, 0.25) is 0 Å². The lowest BCUT2D eigenvalue weighted by Gasteiger charge is -2.15. The molecule has 15 heavy (non-hydrogen) atoms.